The summed E-state index contributed by atoms with van der Waals surface area (Å²) in [6.07, 6.45) is 8.26. The van der Waals surface area contributed by atoms with Gasteiger partial charge < -0.3 is 15.2 Å². The number of hydrogen-bond donors (Lipinski definition) is 2. The van der Waals surface area contributed by atoms with Gasteiger partial charge in [-0.1, -0.05) is 13.3 Å². The lowest BCUT2D eigenvalue weighted by molar-refractivity contribution is -0.139. The highest BCUT2D eigenvalue weighted by Gasteiger charge is 2.45. The van der Waals surface area contributed by atoms with Gasteiger partial charge in [-0.3, -0.25) is 4.79 Å². The summed E-state index contributed by atoms with van der Waals surface area (Å²) in [5.74, 6) is 0.328. The first-order valence-corrected chi connectivity index (χ1v) is 7.96. The van der Waals surface area contributed by atoms with E-state index >= 15 is 0 Å². The van der Waals surface area contributed by atoms with Gasteiger partial charge in [-0.15, -0.1) is 0 Å². The molecule has 0 spiro atoms. The van der Waals surface area contributed by atoms with Crippen LogP contribution in [-0.2, 0) is 4.79 Å². The Kier molecular flexibility index (Phi) is 3.83. The Morgan fingerprint density at radius 2 is 2.40 bits per heavy atom. The predicted octanol–water partition coefficient (Wildman–Crippen LogP) is 2.60. The predicted molar refractivity (Wildman–Crippen MR) is 79.4 cm³/mol. The fraction of sp³-hybridized carbons (Fsp3) is 0.688. The Bertz CT molecular complexity index is 448. The van der Waals surface area contributed by atoms with Gasteiger partial charge in [-0.2, -0.15) is 0 Å². The molecule has 0 radical (unpaired) electrons. The molecule has 0 saturated carbocycles. The van der Waals surface area contributed by atoms with Gasteiger partial charge in [0, 0.05) is 18.4 Å². The van der Waals surface area contributed by atoms with E-state index in [4.69, 9.17) is 0 Å². The van der Waals surface area contributed by atoms with Crippen molar-refractivity contribution in [2.45, 2.75) is 57.0 Å². The zero-order valence-corrected chi connectivity index (χ0v) is 12.3. The fourth-order valence-electron chi connectivity index (χ4n) is 3.90. The van der Waals surface area contributed by atoms with Gasteiger partial charge in [0.1, 0.15) is 0 Å². The summed E-state index contributed by atoms with van der Waals surface area (Å²) >= 11 is 0. The molecule has 2 saturated heterocycles. The highest BCUT2D eigenvalue weighted by molar-refractivity contribution is 5.87. The first kappa shape index (κ1) is 13.7. The van der Waals surface area contributed by atoms with Gasteiger partial charge in [0.25, 0.3) is 0 Å². The first-order chi connectivity index (χ1) is 9.77. The van der Waals surface area contributed by atoms with Crippen LogP contribution in [0.3, 0.4) is 0 Å². The smallest absolute Gasteiger partial charge is 0.243 e. The van der Waals surface area contributed by atoms with Crippen LogP contribution in [0.15, 0.2) is 18.3 Å². The van der Waals surface area contributed by atoms with E-state index in [1.165, 1.54) is 5.69 Å². The molecule has 2 aliphatic rings. The molecule has 20 heavy (non-hydrogen) atoms. The SMILES string of the molecule is CCCC1(C(=O)N2CCCC2c2ccc[nH]2)CCCN1. The third kappa shape index (κ3) is 2.26. The van der Waals surface area contributed by atoms with Crippen molar-refractivity contribution in [3.05, 3.63) is 24.0 Å². The monoisotopic (exact) mass is 275 g/mol. The normalized spacial score (nSPS) is 30.1. The molecule has 1 aromatic heterocycles. The number of nitrogens with zero attached hydrogens (tertiary/aromatic N) is 1. The molecule has 0 aliphatic carbocycles. The summed E-state index contributed by atoms with van der Waals surface area (Å²) in [5.41, 5.74) is 0.893. The van der Waals surface area contributed by atoms with Crippen molar-refractivity contribution >= 4 is 5.91 Å². The molecule has 2 fully saturated rings. The third-order valence-electron chi connectivity index (χ3n) is 4.82. The van der Waals surface area contributed by atoms with E-state index in [2.05, 4.69) is 28.2 Å². The molecule has 4 heteroatoms. The van der Waals surface area contributed by atoms with E-state index in [1.807, 2.05) is 12.3 Å². The maximum atomic E-state index is 13.1. The van der Waals surface area contributed by atoms with Crippen molar-refractivity contribution in [2.75, 3.05) is 13.1 Å². The Hall–Kier alpha value is -1.29. The number of aromatic amines is 1. The van der Waals surface area contributed by atoms with Crippen LogP contribution in [0.4, 0.5) is 0 Å². The summed E-state index contributed by atoms with van der Waals surface area (Å²) in [6, 6.07) is 4.37. The molecule has 0 aromatic carbocycles. The Morgan fingerprint density at radius 3 is 3.05 bits per heavy atom. The van der Waals surface area contributed by atoms with E-state index in [1.54, 1.807) is 0 Å². The summed E-state index contributed by atoms with van der Waals surface area (Å²) in [6.45, 7) is 4.05. The number of carbonyl (C=O) groups is 1. The number of nitrogens with one attached hydrogen (secondary N) is 2. The van der Waals surface area contributed by atoms with E-state index in [9.17, 15) is 4.79 Å². The lowest BCUT2D eigenvalue weighted by Gasteiger charge is -2.35. The average molecular weight is 275 g/mol. The van der Waals surface area contributed by atoms with E-state index in [-0.39, 0.29) is 11.6 Å². The highest BCUT2D eigenvalue weighted by atomic mass is 16.2. The van der Waals surface area contributed by atoms with Crippen LogP contribution < -0.4 is 5.32 Å². The summed E-state index contributed by atoms with van der Waals surface area (Å²) < 4.78 is 0. The highest BCUT2D eigenvalue weighted by Crippen LogP contribution is 2.36. The van der Waals surface area contributed by atoms with Crippen LogP contribution in [0.25, 0.3) is 0 Å². The fourth-order valence-corrected chi connectivity index (χ4v) is 3.90. The molecule has 2 N–H and O–H groups in total. The van der Waals surface area contributed by atoms with Gasteiger partial charge in [0.05, 0.1) is 11.6 Å². The number of amides is 1. The zero-order chi connectivity index (χ0) is 14.0. The summed E-state index contributed by atoms with van der Waals surface area (Å²) in [4.78, 5) is 18.5. The first-order valence-electron chi connectivity index (χ1n) is 7.96. The zero-order valence-electron chi connectivity index (χ0n) is 12.3. The molecule has 110 valence electrons. The second kappa shape index (κ2) is 5.60. The van der Waals surface area contributed by atoms with Crippen molar-refractivity contribution in [2.24, 2.45) is 0 Å². The standard InChI is InChI=1S/C16H25N3O/c1-2-8-16(9-5-11-18-16)15(20)19-12-4-7-14(19)13-6-3-10-17-13/h3,6,10,14,17-18H,2,4-5,7-9,11-12H2,1H3. The van der Waals surface area contributed by atoms with Crippen molar-refractivity contribution in [3.8, 4) is 0 Å². The largest absolute Gasteiger partial charge is 0.363 e. The van der Waals surface area contributed by atoms with Gasteiger partial charge in [-0.25, -0.2) is 0 Å². The molecule has 0 bridgehead atoms. The second-order valence-electron chi connectivity index (χ2n) is 6.14. The van der Waals surface area contributed by atoms with E-state index in [0.29, 0.717) is 5.91 Å². The number of H-pyrrole nitrogens is 1. The van der Waals surface area contributed by atoms with Gasteiger partial charge >= 0.3 is 0 Å². The summed E-state index contributed by atoms with van der Waals surface area (Å²) in [7, 11) is 0. The molecule has 4 nitrogen and oxygen atoms in total. The minimum Gasteiger partial charge on any atom is -0.363 e. The molecule has 3 rings (SSSR count). The van der Waals surface area contributed by atoms with Crippen molar-refractivity contribution < 1.29 is 4.79 Å². The molecule has 1 amide bonds. The minimum atomic E-state index is -0.288. The topological polar surface area (TPSA) is 48.1 Å². The van der Waals surface area contributed by atoms with Crippen LogP contribution in [0.2, 0.25) is 0 Å². The van der Waals surface area contributed by atoms with Crippen LogP contribution in [0, 0.1) is 0 Å². The van der Waals surface area contributed by atoms with E-state index < -0.39 is 0 Å². The van der Waals surface area contributed by atoms with Gasteiger partial charge in [-0.05, 0) is 50.8 Å². The maximum absolute atomic E-state index is 13.1. The summed E-state index contributed by atoms with van der Waals surface area (Å²) in [5, 5.41) is 3.51. The van der Waals surface area contributed by atoms with Crippen molar-refractivity contribution in [1.82, 2.24) is 15.2 Å². The maximum Gasteiger partial charge on any atom is 0.243 e. The van der Waals surface area contributed by atoms with Crippen LogP contribution >= 0.6 is 0 Å². The molecule has 1 aromatic rings. The lowest BCUT2D eigenvalue weighted by Crippen LogP contribution is -2.54. The second-order valence-corrected chi connectivity index (χ2v) is 6.14. The Morgan fingerprint density at radius 1 is 1.50 bits per heavy atom. The molecular weight excluding hydrogens is 250 g/mol. The van der Waals surface area contributed by atoms with Crippen molar-refractivity contribution in [3.63, 3.8) is 0 Å². The lowest BCUT2D eigenvalue weighted by atomic mass is 9.89. The number of likely N-dealkylation sites (tertiary alicyclic amines) is 1. The van der Waals surface area contributed by atoms with Crippen LogP contribution in [0.1, 0.15) is 57.2 Å². The van der Waals surface area contributed by atoms with Crippen molar-refractivity contribution in [1.29, 1.82) is 0 Å². The minimum absolute atomic E-state index is 0.244. The van der Waals surface area contributed by atoms with Crippen LogP contribution in [0.5, 0.6) is 0 Å². The van der Waals surface area contributed by atoms with Gasteiger partial charge in [0.15, 0.2) is 0 Å². The quantitative estimate of drug-likeness (QED) is 0.887. The molecule has 2 aliphatic heterocycles. The number of aromatic nitrogens is 1. The molecule has 2 unspecified atom stereocenters. The third-order valence-corrected chi connectivity index (χ3v) is 4.82. The molecular formula is C16H25N3O. The number of hydrogen-bond acceptors (Lipinski definition) is 2. The molecule has 3 heterocycles. The number of rotatable bonds is 4. The van der Waals surface area contributed by atoms with E-state index in [0.717, 1.165) is 51.6 Å². The Balaban J connectivity index is 1.81. The average Bonchev–Trinajstić information content (AvgIpc) is 3.19. The van der Waals surface area contributed by atoms with Gasteiger partial charge in [0.2, 0.25) is 5.91 Å². The number of carbonyl (C=O) groups excluding carboxylic acids is 1. The van der Waals surface area contributed by atoms with Crippen LogP contribution in [-0.4, -0.2) is 34.4 Å². The molecule has 2 atom stereocenters. The Labute approximate surface area is 120 Å².